The average molecular weight is 183 g/mol. The van der Waals surface area contributed by atoms with E-state index in [0.29, 0.717) is 0 Å². The molecule has 1 fully saturated rings. The van der Waals surface area contributed by atoms with Crippen LogP contribution < -0.4 is 56.5 Å². The van der Waals surface area contributed by atoms with Gasteiger partial charge in [0.25, 0.3) is 0 Å². The molecule has 0 unspecified atom stereocenters. The fraction of sp³-hybridized carbons (Fsp3) is 1.00. The molecule has 0 saturated carbocycles. The van der Waals surface area contributed by atoms with E-state index in [2.05, 4.69) is 18.7 Å². The van der Waals surface area contributed by atoms with Gasteiger partial charge in [0.05, 0.1) is 0 Å². The second-order valence-corrected chi connectivity index (χ2v) is 2.84. The monoisotopic (exact) mass is 183 g/mol. The van der Waals surface area contributed by atoms with Gasteiger partial charge < -0.3 is 10.0 Å². The largest absolute Gasteiger partial charge is 1.00 e. The topological polar surface area (TPSA) is 26.3 Å². The van der Waals surface area contributed by atoms with Crippen molar-refractivity contribution < 1.29 is 56.5 Å². The fourth-order valence-corrected chi connectivity index (χ4v) is 1.26. The van der Waals surface area contributed by atoms with Gasteiger partial charge in [-0.2, -0.15) is 7.11 Å². The minimum absolute atomic E-state index is 0. The van der Waals surface area contributed by atoms with Crippen LogP contribution in [0, 0.1) is 0 Å². The zero-order valence-corrected chi connectivity index (χ0v) is 11.4. The van der Waals surface area contributed by atoms with Crippen molar-refractivity contribution in [2.45, 2.75) is 32.7 Å². The van der Waals surface area contributed by atoms with E-state index in [1.165, 1.54) is 25.9 Å². The maximum atomic E-state index is 8.25. The summed E-state index contributed by atoms with van der Waals surface area (Å²) in [7, 11) is 0.750. The molecule has 1 saturated heterocycles. The van der Waals surface area contributed by atoms with Crippen molar-refractivity contribution in [1.29, 1.82) is 0 Å². The van der Waals surface area contributed by atoms with Crippen molar-refractivity contribution in [3.8, 4) is 0 Å². The van der Waals surface area contributed by atoms with Crippen LogP contribution in [0.2, 0.25) is 0 Å². The first-order chi connectivity index (χ1) is 4.80. The summed E-state index contributed by atoms with van der Waals surface area (Å²) < 4.78 is 0. The van der Waals surface area contributed by atoms with Crippen molar-refractivity contribution in [3.05, 3.63) is 0 Å². The summed E-state index contributed by atoms with van der Waals surface area (Å²) in [5.74, 6) is 0. The Balaban J connectivity index is 0. The van der Waals surface area contributed by atoms with Gasteiger partial charge in [-0.3, -0.25) is 0 Å². The Labute approximate surface area is 113 Å². The van der Waals surface area contributed by atoms with Gasteiger partial charge in [0, 0.05) is 6.04 Å². The van der Waals surface area contributed by atoms with E-state index >= 15 is 0 Å². The van der Waals surface area contributed by atoms with Crippen LogP contribution >= 0.6 is 0 Å². The second-order valence-electron chi connectivity index (χ2n) is 2.84. The number of rotatable bonds is 1. The molecule has 1 aliphatic rings. The SMILES string of the molecule is CC(C)N1CCCC1.C[O-].[K+]. The average Bonchev–Trinajstić information content (AvgIpc) is 2.42. The first kappa shape index (κ1) is 15.0. The van der Waals surface area contributed by atoms with Crippen LogP contribution in [0.4, 0.5) is 0 Å². The van der Waals surface area contributed by atoms with E-state index in [4.69, 9.17) is 5.11 Å². The molecule has 0 aromatic rings. The maximum absolute atomic E-state index is 8.25. The Kier molecular flexibility index (Phi) is 13.2. The summed E-state index contributed by atoms with van der Waals surface area (Å²) in [4.78, 5) is 2.53. The summed E-state index contributed by atoms with van der Waals surface area (Å²) in [6.07, 6.45) is 2.83. The normalized spacial score (nSPS) is 17.2. The quantitative estimate of drug-likeness (QED) is 0.419. The van der Waals surface area contributed by atoms with E-state index in [1.54, 1.807) is 0 Å². The van der Waals surface area contributed by atoms with E-state index < -0.39 is 0 Å². The van der Waals surface area contributed by atoms with Gasteiger partial charge in [-0.1, -0.05) is 0 Å². The Morgan fingerprint density at radius 1 is 1.09 bits per heavy atom. The summed E-state index contributed by atoms with van der Waals surface area (Å²) in [5, 5.41) is 8.25. The molecule has 1 rings (SSSR count). The molecule has 0 aromatic heterocycles. The van der Waals surface area contributed by atoms with Crippen LogP contribution in [-0.2, 0) is 0 Å². The van der Waals surface area contributed by atoms with Gasteiger partial charge in [0.15, 0.2) is 0 Å². The zero-order valence-electron chi connectivity index (χ0n) is 8.26. The Hall–Kier alpha value is 1.56. The molecule has 0 aliphatic carbocycles. The van der Waals surface area contributed by atoms with E-state index in [1.807, 2.05) is 0 Å². The molecule has 1 aliphatic heterocycles. The van der Waals surface area contributed by atoms with Crippen LogP contribution in [0.15, 0.2) is 0 Å². The molecule has 0 radical (unpaired) electrons. The molecule has 1 heterocycles. The molecule has 3 heteroatoms. The summed E-state index contributed by atoms with van der Waals surface area (Å²) in [5.41, 5.74) is 0. The van der Waals surface area contributed by atoms with Crippen LogP contribution in [0.25, 0.3) is 0 Å². The third-order valence-corrected chi connectivity index (χ3v) is 1.87. The van der Waals surface area contributed by atoms with Gasteiger partial charge in [-0.05, 0) is 39.8 Å². The third-order valence-electron chi connectivity index (χ3n) is 1.87. The van der Waals surface area contributed by atoms with Gasteiger partial charge in [0.1, 0.15) is 0 Å². The van der Waals surface area contributed by atoms with Gasteiger partial charge in [-0.25, -0.2) is 0 Å². The predicted molar refractivity (Wildman–Crippen MR) is 41.9 cm³/mol. The Morgan fingerprint density at radius 2 is 1.45 bits per heavy atom. The predicted octanol–water partition coefficient (Wildman–Crippen LogP) is -2.53. The van der Waals surface area contributed by atoms with Crippen molar-refractivity contribution in [2.75, 3.05) is 20.2 Å². The van der Waals surface area contributed by atoms with Crippen molar-refractivity contribution in [1.82, 2.24) is 4.90 Å². The molecule has 0 N–H and O–H groups in total. The molecule has 62 valence electrons. The Bertz CT molecular complexity index is 72.5. The molecule has 0 amide bonds. The van der Waals surface area contributed by atoms with Crippen molar-refractivity contribution >= 4 is 0 Å². The number of hydrogen-bond acceptors (Lipinski definition) is 2. The minimum Gasteiger partial charge on any atom is -0.857 e. The van der Waals surface area contributed by atoms with Gasteiger partial charge in [0.2, 0.25) is 0 Å². The number of nitrogens with zero attached hydrogens (tertiary/aromatic N) is 1. The number of likely N-dealkylation sites (tertiary alicyclic amines) is 1. The first-order valence-corrected chi connectivity index (χ1v) is 3.95. The molecule has 2 nitrogen and oxygen atoms in total. The standard InChI is InChI=1S/C7H15N.CH3O.K/c1-7(2)8-5-3-4-6-8;1-2;/h7H,3-6H2,1-2H3;1H3;/q;-1;+1. The summed E-state index contributed by atoms with van der Waals surface area (Å²) in [6, 6.07) is 0.775. The maximum Gasteiger partial charge on any atom is 1.00 e. The van der Waals surface area contributed by atoms with Crippen LogP contribution in [-0.4, -0.2) is 31.1 Å². The minimum atomic E-state index is 0. The zero-order chi connectivity index (χ0) is 7.98. The molecular formula is C8H18KNO. The van der Waals surface area contributed by atoms with Crippen LogP contribution in [0.5, 0.6) is 0 Å². The van der Waals surface area contributed by atoms with Crippen molar-refractivity contribution in [2.24, 2.45) is 0 Å². The smallest absolute Gasteiger partial charge is 0.857 e. The summed E-state index contributed by atoms with van der Waals surface area (Å²) in [6.45, 7) is 7.20. The van der Waals surface area contributed by atoms with Crippen LogP contribution in [0.3, 0.4) is 0 Å². The molecule has 0 bridgehead atoms. The fourth-order valence-electron chi connectivity index (χ4n) is 1.26. The molecule has 0 spiro atoms. The molecule has 0 aromatic carbocycles. The van der Waals surface area contributed by atoms with E-state index in [9.17, 15) is 0 Å². The van der Waals surface area contributed by atoms with Gasteiger partial charge >= 0.3 is 51.4 Å². The first-order valence-electron chi connectivity index (χ1n) is 3.95. The molecular weight excluding hydrogens is 165 g/mol. The molecule has 11 heavy (non-hydrogen) atoms. The number of hydrogen-bond donors (Lipinski definition) is 0. The summed E-state index contributed by atoms with van der Waals surface area (Å²) >= 11 is 0. The Morgan fingerprint density at radius 3 is 1.64 bits per heavy atom. The second kappa shape index (κ2) is 9.64. The van der Waals surface area contributed by atoms with E-state index in [-0.39, 0.29) is 51.4 Å². The van der Waals surface area contributed by atoms with Crippen molar-refractivity contribution in [3.63, 3.8) is 0 Å². The van der Waals surface area contributed by atoms with E-state index in [0.717, 1.165) is 13.2 Å². The van der Waals surface area contributed by atoms with Crippen LogP contribution in [0.1, 0.15) is 26.7 Å². The van der Waals surface area contributed by atoms with Gasteiger partial charge in [-0.15, -0.1) is 0 Å². The molecule has 0 atom stereocenters. The third kappa shape index (κ3) is 6.69.